The summed E-state index contributed by atoms with van der Waals surface area (Å²) in [5, 5.41) is 8.93. The lowest BCUT2D eigenvalue weighted by Gasteiger charge is -2.19. The minimum absolute atomic E-state index is 0.102. The fourth-order valence-corrected chi connectivity index (χ4v) is 2.21. The van der Waals surface area contributed by atoms with Crippen LogP contribution in [-0.4, -0.2) is 52.2 Å². The van der Waals surface area contributed by atoms with Crippen LogP contribution in [0.4, 0.5) is 0 Å². The van der Waals surface area contributed by atoms with E-state index in [4.69, 9.17) is 9.84 Å². The SMILES string of the molecule is CN1CCCC1CCOc1nccnc1C(=O)O. The summed E-state index contributed by atoms with van der Waals surface area (Å²) in [5.74, 6) is -1.01. The first-order valence-corrected chi connectivity index (χ1v) is 6.06. The number of aromatic carboxylic acids is 1. The summed E-state index contributed by atoms with van der Waals surface area (Å²) in [6, 6.07) is 0.523. The number of carbonyl (C=O) groups is 1. The zero-order valence-electron chi connectivity index (χ0n) is 10.4. The van der Waals surface area contributed by atoms with Gasteiger partial charge in [0.2, 0.25) is 11.6 Å². The molecule has 18 heavy (non-hydrogen) atoms. The van der Waals surface area contributed by atoms with Crippen molar-refractivity contribution in [2.75, 3.05) is 20.2 Å². The third-order valence-electron chi connectivity index (χ3n) is 3.23. The third kappa shape index (κ3) is 2.95. The van der Waals surface area contributed by atoms with Crippen LogP contribution in [-0.2, 0) is 0 Å². The predicted molar refractivity (Wildman–Crippen MR) is 64.8 cm³/mol. The smallest absolute Gasteiger partial charge is 0.360 e. The van der Waals surface area contributed by atoms with Gasteiger partial charge in [-0.15, -0.1) is 0 Å². The lowest BCUT2D eigenvalue weighted by molar-refractivity contribution is 0.0683. The molecule has 0 aromatic carbocycles. The van der Waals surface area contributed by atoms with Gasteiger partial charge in [0.05, 0.1) is 6.61 Å². The molecule has 1 aromatic rings. The normalized spacial score (nSPS) is 19.9. The molecule has 0 amide bonds. The molecular weight excluding hydrogens is 234 g/mol. The van der Waals surface area contributed by atoms with Gasteiger partial charge in [0.25, 0.3) is 0 Å². The second kappa shape index (κ2) is 5.77. The number of carboxylic acids is 1. The van der Waals surface area contributed by atoms with Crippen molar-refractivity contribution in [1.29, 1.82) is 0 Å². The van der Waals surface area contributed by atoms with E-state index in [1.54, 1.807) is 0 Å². The lowest BCUT2D eigenvalue weighted by atomic mass is 10.1. The molecule has 0 aliphatic carbocycles. The maximum absolute atomic E-state index is 10.9. The monoisotopic (exact) mass is 251 g/mol. The van der Waals surface area contributed by atoms with Gasteiger partial charge in [0.15, 0.2) is 0 Å². The summed E-state index contributed by atoms with van der Waals surface area (Å²) in [4.78, 5) is 20.9. The Morgan fingerprint density at radius 3 is 3.00 bits per heavy atom. The Kier molecular flexibility index (Phi) is 4.09. The molecule has 1 atom stereocenters. The number of aromatic nitrogens is 2. The number of ether oxygens (including phenoxy) is 1. The summed E-state index contributed by atoms with van der Waals surface area (Å²) in [7, 11) is 2.10. The first-order chi connectivity index (χ1) is 8.68. The van der Waals surface area contributed by atoms with Crippen molar-refractivity contribution >= 4 is 5.97 Å². The first kappa shape index (κ1) is 12.8. The van der Waals surface area contributed by atoms with Gasteiger partial charge in [-0.25, -0.2) is 14.8 Å². The Labute approximate surface area is 106 Å². The number of nitrogens with zero attached hydrogens (tertiary/aromatic N) is 3. The van der Waals surface area contributed by atoms with E-state index in [1.807, 2.05) is 0 Å². The molecule has 0 bridgehead atoms. The fraction of sp³-hybridized carbons (Fsp3) is 0.583. The van der Waals surface area contributed by atoms with E-state index >= 15 is 0 Å². The molecule has 2 heterocycles. The Morgan fingerprint density at radius 1 is 1.56 bits per heavy atom. The molecule has 2 rings (SSSR count). The second-order valence-corrected chi connectivity index (χ2v) is 4.43. The second-order valence-electron chi connectivity index (χ2n) is 4.43. The summed E-state index contributed by atoms with van der Waals surface area (Å²) in [6.07, 6.45) is 6.05. The zero-order valence-corrected chi connectivity index (χ0v) is 10.4. The number of hydrogen-bond donors (Lipinski definition) is 1. The average molecular weight is 251 g/mol. The van der Waals surface area contributed by atoms with Gasteiger partial charge >= 0.3 is 5.97 Å². The van der Waals surface area contributed by atoms with Crippen molar-refractivity contribution < 1.29 is 14.6 Å². The van der Waals surface area contributed by atoms with Crippen molar-refractivity contribution in [2.24, 2.45) is 0 Å². The molecule has 0 saturated carbocycles. The Balaban J connectivity index is 1.88. The van der Waals surface area contributed by atoms with Crippen LogP contribution in [0.15, 0.2) is 12.4 Å². The van der Waals surface area contributed by atoms with Gasteiger partial charge in [-0.2, -0.15) is 0 Å². The minimum atomic E-state index is -1.11. The van der Waals surface area contributed by atoms with E-state index in [1.165, 1.54) is 25.2 Å². The molecule has 1 aliphatic heterocycles. The van der Waals surface area contributed by atoms with Crippen molar-refractivity contribution in [2.45, 2.75) is 25.3 Å². The van der Waals surface area contributed by atoms with E-state index in [2.05, 4.69) is 21.9 Å². The molecule has 1 unspecified atom stereocenters. The van der Waals surface area contributed by atoms with Gasteiger partial charge in [0.1, 0.15) is 0 Å². The highest BCUT2D eigenvalue weighted by Crippen LogP contribution is 2.18. The topological polar surface area (TPSA) is 75.5 Å². The van der Waals surface area contributed by atoms with Crippen LogP contribution < -0.4 is 4.74 Å². The predicted octanol–water partition coefficient (Wildman–Crippen LogP) is 1.04. The number of carboxylic acid groups (broad SMARTS) is 1. The average Bonchev–Trinajstić information content (AvgIpc) is 2.76. The highest BCUT2D eigenvalue weighted by molar-refractivity contribution is 5.87. The summed E-state index contributed by atoms with van der Waals surface area (Å²) in [5.41, 5.74) is -0.128. The zero-order chi connectivity index (χ0) is 13.0. The van der Waals surface area contributed by atoms with Crippen molar-refractivity contribution in [3.8, 4) is 5.88 Å². The van der Waals surface area contributed by atoms with E-state index in [0.717, 1.165) is 13.0 Å². The van der Waals surface area contributed by atoms with E-state index in [-0.39, 0.29) is 11.6 Å². The molecule has 1 saturated heterocycles. The third-order valence-corrected chi connectivity index (χ3v) is 3.23. The number of hydrogen-bond acceptors (Lipinski definition) is 5. The van der Waals surface area contributed by atoms with Gasteiger partial charge in [0, 0.05) is 18.4 Å². The van der Waals surface area contributed by atoms with E-state index < -0.39 is 5.97 Å². The van der Waals surface area contributed by atoms with Crippen LogP contribution >= 0.6 is 0 Å². The molecule has 1 aliphatic rings. The molecule has 0 spiro atoms. The van der Waals surface area contributed by atoms with Crippen molar-refractivity contribution in [3.63, 3.8) is 0 Å². The van der Waals surface area contributed by atoms with Crippen LogP contribution in [0.25, 0.3) is 0 Å². The highest BCUT2D eigenvalue weighted by atomic mass is 16.5. The highest BCUT2D eigenvalue weighted by Gasteiger charge is 2.21. The molecule has 6 nitrogen and oxygen atoms in total. The summed E-state index contributed by atoms with van der Waals surface area (Å²) in [6.45, 7) is 1.59. The molecule has 1 fully saturated rings. The largest absolute Gasteiger partial charge is 0.476 e. The van der Waals surface area contributed by atoms with Crippen molar-refractivity contribution in [1.82, 2.24) is 14.9 Å². The van der Waals surface area contributed by atoms with Crippen LogP contribution in [0.1, 0.15) is 29.8 Å². The quantitative estimate of drug-likeness (QED) is 0.842. The number of rotatable bonds is 5. The van der Waals surface area contributed by atoms with E-state index in [9.17, 15) is 4.79 Å². The Bertz CT molecular complexity index is 425. The fourth-order valence-electron chi connectivity index (χ4n) is 2.21. The molecule has 98 valence electrons. The van der Waals surface area contributed by atoms with Gasteiger partial charge in [-0.3, -0.25) is 0 Å². The molecule has 6 heteroatoms. The first-order valence-electron chi connectivity index (χ1n) is 6.06. The van der Waals surface area contributed by atoms with Crippen LogP contribution in [0.2, 0.25) is 0 Å². The Morgan fingerprint density at radius 2 is 2.33 bits per heavy atom. The molecular formula is C12H17N3O3. The lowest BCUT2D eigenvalue weighted by Crippen LogP contribution is -2.26. The molecule has 1 N–H and O–H groups in total. The van der Waals surface area contributed by atoms with Gasteiger partial charge in [-0.05, 0) is 32.9 Å². The standard InChI is InChI=1S/C12H17N3O3/c1-15-7-2-3-9(15)4-8-18-11-10(12(16)17)13-5-6-14-11/h5-6,9H,2-4,7-8H2,1H3,(H,16,17). The maximum atomic E-state index is 10.9. The van der Waals surface area contributed by atoms with Crippen LogP contribution in [0.5, 0.6) is 5.88 Å². The van der Waals surface area contributed by atoms with Crippen LogP contribution in [0, 0.1) is 0 Å². The number of likely N-dealkylation sites (tertiary alicyclic amines) is 1. The van der Waals surface area contributed by atoms with Crippen LogP contribution in [0.3, 0.4) is 0 Å². The minimum Gasteiger partial charge on any atom is -0.476 e. The van der Waals surface area contributed by atoms with Gasteiger partial charge in [-0.1, -0.05) is 0 Å². The molecule has 1 aromatic heterocycles. The Hall–Kier alpha value is -1.69. The summed E-state index contributed by atoms with van der Waals surface area (Å²) >= 11 is 0. The van der Waals surface area contributed by atoms with Gasteiger partial charge < -0.3 is 14.7 Å². The van der Waals surface area contributed by atoms with Crippen molar-refractivity contribution in [3.05, 3.63) is 18.1 Å². The maximum Gasteiger partial charge on any atom is 0.360 e. The molecule has 0 radical (unpaired) electrons. The summed E-state index contributed by atoms with van der Waals surface area (Å²) < 4.78 is 5.43. The van der Waals surface area contributed by atoms with E-state index in [0.29, 0.717) is 12.6 Å².